The van der Waals surface area contributed by atoms with E-state index in [0.29, 0.717) is 27.3 Å². The number of fused-ring (bicyclic) bond motifs is 1. The van der Waals surface area contributed by atoms with Gasteiger partial charge in [0.1, 0.15) is 22.7 Å². The zero-order chi connectivity index (χ0) is 20.4. The number of hydrogen-bond donors (Lipinski definition) is 1. The lowest BCUT2D eigenvalue weighted by atomic mass is 9.99. The highest BCUT2D eigenvalue weighted by Crippen LogP contribution is 2.33. The number of aryl methyl sites for hydroxylation is 1. The van der Waals surface area contributed by atoms with Crippen LogP contribution < -0.4 is 4.74 Å². The predicted octanol–water partition coefficient (Wildman–Crippen LogP) is 4.20. The number of rotatable bonds is 5. The third kappa shape index (κ3) is 3.77. The van der Waals surface area contributed by atoms with Crippen molar-refractivity contribution in [3.63, 3.8) is 0 Å². The molecule has 0 amide bonds. The Morgan fingerprint density at radius 1 is 0.931 bits per heavy atom. The van der Waals surface area contributed by atoms with E-state index in [2.05, 4.69) is 10.2 Å². The Morgan fingerprint density at radius 3 is 2.31 bits per heavy atom. The van der Waals surface area contributed by atoms with Gasteiger partial charge in [-0.2, -0.15) is 0 Å². The molecule has 0 bridgehead atoms. The van der Waals surface area contributed by atoms with Gasteiger partial charge < -0.3 is 9.84 Å². The summed E-state index contributed by atoms with van der Waals surface area (Å²) >= 11 is 0. The molecule has 0 aliphatic heterocycles. The van der Waals surface area contributed by atoms with Crippen LogP contribution in [0.2, 0.25) is 0 Å². The van der Waals surface area contributed by atoms with Crippen molar-refractivity contribution in [2.75, 3.05) is 7.11 Å². The van der Waals surface area contributed by atoms with Crippen LogP contribution in [0, 0.1) is 6.92 Å². The van der Waals surface area contributed by atoms with Crippen LogP contribution in [0.4, 0.5) is 0 Å². The molecule has 2 unspecified atom stereocenters. The molecule has 6 heteroatoms. The predicted molar refractivity (Wildman–Crippen MR) is 112 cm³/mol. The minimum absolute atomic E-state index is 0.260. The van der Waals surface area contributed by atoms with E-state index in [0.717, 1.165) is 10.9 Å². The first kappa shape index (κ1) is 19.2. The summed E-state index contributed by atoms with van der Waals surface area (Å²) in [5.74, 6) is 0.696. The summed E-state index contributed by atoms with van der Waals surface area (Å²) in [6.07, 6.45) is -1.01. The van der Waals surface area contributed by atoms with E-state index in [4.69, 9.17) is 4.74 Å². The Hall–Kier alpha value is -3.09. The van der Waals surface area contributed by atoms with E-state index >= 15 is 0 Å². The number of methoxy groups -OCH3 is 1. The molecule has 3 aromatic carbocycles. The summed E-state index contributed by atoms with van der Waals surface area (Å²) in [6.45, 7) is 1.97. The molecule has 146 valence electrons. The fourth-order valence-corrected chi connectivity index (χ4v) is 4.33. The van der Waals surface area contributed by atoms with Crippen molar-refractivity contribution in [3.8, 4) is 5.75 Å². The number of benzene rings is 3. The standard InChI is InChI=1S/C23H20N2O3S/c1-15-7-13-18(14-8-15)29(27)23-21(19-5-3-4-6-20(19)24-25-23)22(26)16-9-11-17(28-2)12-10-16/h3-14,22,26H,1-2H3. The van der Waals surface area contributed by atoms with Crippen LogP contribution in [0.1, 0.15) is 22.8 Å². The lowest BCUT2D eigenvalue weighted by Crippen LogP contribution is -2.10. The van der Waals surface area contributed by atoms with Crippen molar-refractivity contribution in [1.29, 1.82) is 0 Å². The van der Waals surface area contributed by atoms with Crippen molar-refractivity contribution >= 4 is 21.7 Å². The summed E-state index contributed by atoms with van der Waals surface area (Å²) in [7, 11) is 0.0105. The molecule has 0 radical (unpaired) electrons. The molecule has 0 spiro atoms. The minimum atomic E-state index is -1.58. The maximum Gasteiger partial charge on any atom is 0.161 e. The third-order valence-corrected chi connectivity index (χ3v) is 6.14. The topological polar surface area (TPSA) is 72.3 Å². The van der Waals surface area contributed by atoms with Crippen LogP contribution in [0.3, 0.4) is 0 Å². The Morgan fingerprint density at radius 2 is 1.62 bits per heavy atom. The molecule has 0 saturated carbocycles. The van der Waals surface area contributed by atoms with Gasteiger partial charge in [-0.3, -0.25) is 0 Å². The van der Waals surface area contributed by atoms with Gasteiger partial charge in [0.25, 0.3) is 0 Å². The van der Waals surface area contributed by atoms with Crippen molar-refractivity contribution < 1.29 is 14.1 Å². The number of hydrogen-bond acceptors (Lipinski definition) is 5. The van der Waals surface area contributed by atoms with E-state index in [-0.39, 0.29) is 5.03 Å². The summed E-state index contributed by atoms with van der Waals surface area (Å²) in [5, 5.41) is 20.7. The second-order valence-corrected chi connectivity index (χ2v) is 8.09. The highest BCUT2D eigenvalue weighted by atomic mass is 32.2. The van der Waals surface area contributed by atoms with Crippen LogP contribution in [-0.2, 0) is 10.8 Å². The van der Waals surface area contributed by atoms with Crippen molar-refractivity contribution in [3.05, 3.63) is 89.5 Å². The van der Waals surface area contributed by atoms with E-state index < -0.39 is 16.9 Å². The highest BCUT2D eigenvalue weighted by Gasteiger charge is 2.24. The van der Waals surface area contributed by atoms with Gasteiger partial charge in [0.15, 0.2) is 5.03 Å². The SMILES string of the molecule is COc1ccc(C(O)c2c(S(=O)c3ccc(C)cc3)nnc3ccccc23)cc1. The first-order chi connectivity index (χ1) is 14.1. The van der Waals surface area contributed by atoms with Crippen molar-refractivity contribution in [1.82, 2.24) is 10.2 Å². The number of nitrogens with zero attached hydrogens (tertiary/aromatic N) is 2. The molecule has 5 nitrogen and oxygen atoms in total. The molecule has 2 atom stereocenters. The van der Waals surface area contributed by atoms with Gasteiger partial charge in [0.2, 0.25) is 0 Å². The van der Waals surface area contributed by atoms with Gasteiger partial charge in [0, 0.05) is 15.8 Å². The van der Waals surface area contributed by atoms with Crippen molar-refractivity contribution in [2.45, 2.75) is 22.9 Å². The molecule has 29 heavy (non-hydrogen) atoms. The normalized spacial score (nSPS) is 13.2. The third-order valence-electron chi connectivity index (χ3n) is 4.79. The Balaban J connectivity index is 1.88. The summed E-state index contributed by atoms with van der Waals surface area (Å²) in [5.41, 5.74) is 2.87. The minimum Gasteiger partial charge on any atom is -0.497 e. The Labute approximate surface area is 171 Å². The van der Waals surface area contributed by atoms with E-state index in [1.165, 1.54) is 0 Å². The summed E-state index contributed by atoms with van der Waals surface area (Å²) < 4.78 is 18.5. The van der Waals surface area contributed by atoms with Gasteiger partial charge in [-0.25, -0.2) is 4.21 Å². The Kier molecular flexibility index (Phi) is 5.38. The average Bonchev–Trinajstić information content (AvgIpc) is 2.78. The fourth-order valence-electron chi connectivity index (χ4n) is 3.18. The van der Waals surface area contributed by atoms with E-state index in [1.54, 1.807) is 31.4 Å². The lowest BCUT2D eigenvalue weighted by molar-refractivity contribution is 0.217. The maximum absolute atomic E-state index is 13.3. The molecule has 1 N–H and O–H groups in total. The van der Waals surface area contributed by atoms with Crippen LogP contribution in [0.25, 0.3) is 10.9 Å². The average molecular weight is 404 g/mol. The van der Waals surface area contributed by atoms with Gasteiger partial charge >= 0.3 is 0 Å². The van der Waals surface area contributed by atoms with Crippen LogP contribution in [-0.4, -0.2) is 26.6 Å². The summed E-state index contributed by atoms with van der Waals surface area (Å²) in [4.78, 5) is 0.614. The number of aliphatic hydroxyl groups is 1. The maximum atomic E-state index is 13.3. The zero-order valence-corrected chi connectivity index (χ0v) is 16.9. The van der Waals surface area contributed by atoms with Gasteiger partial charge in [0.05, 0.1) is 12.6 Å². The van der Waals surface area contributed by atoms with Crippen LogP contribution in [0.15, 0.2) is 82.7 Å². The van der Waals surface area contributed by atoms with Crippen LogP contribution >= 0.6 is 0 Å². The highest BCUT2D eigenvalue weighted by molar-refractivity contribution is 7.85. The largest absolute Gasteiger partial charge is 0.497 e. The molecule has 0 aliphatic carbocycles. The van der Waals surface area contributed by atoms with Crippen LogP contribution in [0.5, 0.6) is 5.75 Å². The molecule has 0 aliphatic rings. The molecule has 4 rings (SSSR count). The second-order valence-electron chi connectivity index (χ2n) is 6.69. The molecular weight excluding hydrogens is 384 g/mol. The zero-order valence-electron chi connectivity index (χ0n) is 16.1. The smallest absolute Gasteiger partial charge is 0.161 e. The van der Waals surface area contributed by atoms with E-state index in [1.807, 2.05) is 55.5 Å². The Bertz CT molecular complexity index is 1180. The number of ether oxygens (including phenoxy) is 1. The molecule has 1 aromatic heterocycles. The first-order valence-corrected chi connectivity index (χ1v) is 10.3. The lowest BCUT2D eigenvalue weighted by Gasteiger charge is -2.17. The first-order valence-electron chi connectivity index (χ1n) is 9.14. The molecule has 4 aromatic rings. The quantitative estimate of drug-likeness (QED) is 0.540. The molecule has 0 fully saturated rings. The van der Waals surface area contributed by atoms with Gasteiger partial charge in [-0.05, 0) is 42.8 Å². The molecular formula is C23H20N2O3S. The second kappa shape index (κ2) is 8.11. The fraction of sp³-hybridized carbons (Fsp3) is 0.130. The monoisotopic (exact) mass is 404 g/mol. The molecule has 1 heterocycles. The summed E-state index contributed by atoms with van der Waals surface area (Å²) in [6, 6.07) is 22.0. The number of aliphatic hydroxyl groups excluding tert-OH is 1. The molecule has 0 saturated heterocycles. The van der Waals surface area contributed by atoms with Crippen molar-refractivity contribution in [2.24, 2.45) is 0 Å². The van der Waals surface area contributed by atoms with Gasteiger partial charge in [-0.1, -0.05) is 48.0 Å². The van der Waals surface area contributed by atoms with Gasteiger partial charge in [-0.15, -0.1) is 10.2 Å². The number of aromatic nitrogens is 2. The van der Waals surface area contributed by atoms with E-state index in [9.17, 15) is 9.32 Å².